The van der Waals surface area contributed by atoms with E-state index in [9.17, 15) is 31.1 Å². The first-order valence-corrected chi connectivity index (χ1v) is 10.5. The van der Waals surface area contributed by atoms with Gasteiger partial charge in [-0.15, -0.1) is 0 Å². The van der Waals surface area contributed by atoms with E-state index in [-0.39, 0.29) is 16.5 Å². The van der Waals surface area contributed by atoms with Crippen molar-refractivity contribution in [3.05, 3.63) is 70.4 Å². The average molecular weight is 519 g/mol. The molecule has 4 rings (SSSR count). The maximum absolute atomic E-state index is 13.9. The summed E-state index contributed by atoms with van der Waals surface area (Å²) in [5.41, 5.74) is -1.26. The maximum atomic E-state index is 13.9. The minimum Gasteiger partial charge on any atom is -0.497 e. The molecule has 0 aliphatic carbocycles. The molecule has 0 spiro atoms. The van der Waals surface area contributed by atoms with Crippen LogP contribution in [0.5, 0.6) is 5.75 Å². The number of fused-ring (bicyclic) bond motifs is 1. The van der Waals surface area contributed by atoms with Crippen LogP contribution in [-0.2, 0) is 6.18 Å². The molecular formula is C22H17ClF6N4O2. The van der Waals surface area contributed by atoms with Crippen molar-refractivity contribution in [3.63, 3.8) is 0 Å². The molecule has 0 unspecified atom stereocenters. The Morgan fingerprint density at radius 1 is 1.14 bits per heavy atom. The molecule has 0 radical (unpaired) electrons. The van der Waals surface area contributed by atoms with E-state index in [2.05, 4.69) is 15.7 Å². The van der Waals surface area contributed by atoms with Crippen LogP contribution in [0.3, 0.4) is 0 Å². The first-order chi connectivity index (χ1) is 16.4. The zero-order valence-corrected chi connectivity index (χ0v) is 18.6. The Morgan fingerprint density at radius 2 is 1.83 bits per heavy atom. The summed E-state index contributed by atoms with van der Waals surface area (Å²) in [6.07, 6.45) is -9.80. The summed E-state index contributed by atoms with van der Waals surface area (Å²) >= 11 is 6.25. The lowest BCUT2D eigenvalue weighted by atomic mass is 9.97. The number of carbonyl (C=O) groups excluding carboxylic acids is 1. The third-order valence-corrected chi connectivity index (χ3v) is 5.83. The van der Waals surface area contributed by atoms with Crippen LogP contribution in [0.1, 0.15) is 40.1 Å². The maximum Gasteiger partial charge on any atom is 0.416 e. The molecule has 2 heterocycles. The summed E-state index contributed by atoms with van der Waals surface area (Å²) in [6, 6.07) is 7.28. The summed E-state index contributed by atoms with van der Waals surface area (Å²) in [7, 11) is 1.46. The molecule has 2 N–H and O–H groups in total. The molecule has 186 valence electrons. The van der Waals surface area contributed by atoms with Gasteiger partial charge < -0.3 is 15.4 Å². The molecular weight excluding hydrogens is 502 g/mol. The van der Waals surface area contributed by atoms with Gasteiger partial charge in [0.05, 0.1) is 18.7 Å². The van der Waals surface area contributed by atoms with Crippen LogP contribution in [0.4, 0.5) is 37.8 Å². The van der Waals surface area contributed by atoms with Gasteiger partial charge in [0.15, 0.2) is 11.7 Å². The van der Waals surface area contributed by atoms with Crippen LogP contribution in [0.15, 0.2) is 48.5 Å². The fraction of sp³-hybridized carbons (Fsp3) is 0.273. The van der Waals surface area contributed by atoms with Gasteiger partial charge in [0.1, 0.15) is 16.6 Å². The topological polar surface area (TPSA) is 68.2 Å². The van der Waals surface area contributed by atoms with Crippen LogP contribution < -0.4 is 15.4 Å². The van der Waals surface area contributed by atoms with Crippen molar-refractivity contribution in [2.75, 3.05) is 17.7 Å². The van der Waals surface area contributed by atoms with E-state index in [1.807, 2.05) is 0 Å². The number of alkyl halides is 6. The van der Waals surface area contributed by atoms with E-state index in [1.165, 1.54) is 13.2 Å². The third-order valence-electron chi connectivity index (χ3n) is 5.48. The Balaban J connectivity index is 1.66. The van der Waals surface area contributed by atoms with E-state index >= 15 is 0 Å². The van der Waals surface area contributed by atoms with Gasteiger partial charge in [-0.1, -0.05) is 29.8 Å². The number of nitrogens with one attached hydrogen (secondary N) is 2. The van der Waals surface area contributed by atoms with Crippen molar-refractivity contribution < 1.29 is 35.9 Å². The minimum atomic E-state index is -4.72. The lowest BCUT2D eigenvalue weighted by Crippen LogP contribution is -2.35. The van der Waals surface area contributed by atoms with Gasteiger partial charge in [-0.2, -0.15) is 31.4 Å². The number of ether oxygens (including phenoxy) is 1. The second-order valence-electron chi connectivity index (χ2n) is 7.75. The molecule has 0 fully saturated rings. The fourth-order valence-corrected chi connectivity index (χ4v) is 4.02. The number of carbonyl (C=O) groups is 1. The highest BCUT2D eigenvalue weighted by molar-refractivity contribution is 6.36. The van der Waals surface area contributed by atoms with Crippen LogP contribution in [0, 0.1) is 0 Å². The molecule has 0 saturated carbocycles. The SMILES string of the molecule is COc1ccc([C@@H]2C[C@H](C(F)(F)F)n3nc(C(=O)Nc4cccc(C(F)(F)F)c4)c(Cl)c3N2)cc1. The zero-order valence-electron chi connectivity index (χ0n) is 17.8. The number of aromatic nitrogens is 2. The number of methoxy groups -OCH3 is 1. The van der Waals surface area contributed by atoms with Crippen molar-refractivity contribution in [2.24, 2.45) is 0 Å². The van der Waals surface area contributed by atoms with Crippen LogP contribution >= 0.6 is 11.6 Å². The number of amides is 1. The number of benzene rings is 2. The summed E-state index contributed by atoms with van der Waals surface area (Å²) in [5, 5.41) is 8.48. The standard InChI is InChI=1S/C22H17ClF6N4O2/c1-35-14-7-5-11(6-8-14)15-10-16(22(27,28)29)33-19(31-15)17(23)18(32-33)20(34)30-13-4-2-3-12(9-13)21(24,25)26/h2-9,15-16,31H,10H2,1H3,(H,30,34)/t15-,16+/m0/s1. The summed E-state index contributed by atoms with van der Waals surface area (Å²) < 4.78 is 86.2. The highest BCUT2D eigenvalue weighted by Crippen LogP contribution is 2.46. The summed E-state index contributed by atoms with van der Waals surface area (Å²) in [6.45, 7) is 0. The molecule has 1 aliphatic rings. The average Bonchev–Trinajstić information content (AvgIpc) is 3.14. The van der Waals surface area contributed by atoms with E-state index in [1.54, 1.807) is 24.3 Å². The normalized spacial score (nSPS) is 17.9. The lowest BCUT2D eigenvalue weighted by Gasteiger charge is -2.33. The Hall–Kier alpha value is -3.41. The van der Waals surface area contributed by atoms with Crippen molar-refractivity contribution in [1.82, 2.24) is 9.78 Å². The van der Waals surface area contributed by atoms with Crippen LogP contribution in [0.25, 0.3) is 0 Å². The quantitative estimate of drug-likeness (QED) is 0.388. The second kappa shape index (κ2) is 8.99. The van der Waals surface area contributed by atoms with Crippen LogP contribution in [-0.4, -0.2) is 29.0 Å². The van der Waals surface area contributed by atoms with E-state index < -0.39 is 48.0 Å². The smallest absolute Gasteiger partial charge is 0.416 e. The summed E-state index contributed by atoms with van der Waals surface area (Å²) in [5.74, 6) is -0.760. The van der Waals surface area contributed by atoms with Gasteiger partial charge in [-0.25, -0.2) is 4.68 Å². The monoisotopic (exact) mass is 518 g/mol. The molecule has 13 heteroatoms. The molecule has 1 amide bonds. The van der Waals surface area contributed by atoms with E-state index in [0.29, 0.717) is 22.1 Å². The van der Waals surface area contributed by atoms with Crippen molar-refractivity contribution in [1.29, 1.82) is 0 Å². The summed E-state index contributed by atoms with van der Waals surface area (Å²) in [4.78, 5) is 12.7. The number of nitrogens with zero attached hydrogens (tertiary/aromatic N) is 2. The van der Waals surface area contributed by atoms with Gasteiger partial charge in [-0.3, -0.25) is 4.79 Å². The van der Waals surface area contributed by atoms with E-state index in [0.717, 1.165) is 12.1 Å². The number of rotatable bonds is 4. The number of halogens is 7. The van der Waals surface area contributed by atoms with E-state index in [4.69, 9.17) is 16.3 Å². The Morgan fingerprint density at radius 3 is 2.43 bits per heavy atom. The first-order valence-electron chi connectivity index (χ1n) is 10.1. The molecule has 6 nitrogen and oxygen atoms in total. The van der Waals surface area contributed by atoms with Crippen molar-refractivity contribution in [2.45, 2.75) is 30.9 Å². The molecule has 0 saturated heterocycles. The molecule has 1 aromatic heterocycles. The fourth-order valence-electron chi connectivity index (χ4n) is 3.75. The van der Waals surface area contributed by atoms with Gasteiger partial charge >= 0.3 is 12.4 Å². The molecule has 2 atom stereocenters. The minimum absolute atomic E-state index is 0.219. The number of anilines is 2. The van der Waals surface area contributed by atoms with Crippen molar-refractivity contribution in [3.8, 4) is 5.75 Å². The zero-order chi connectivity index (χ0) is 25.5. The predicted molar refractivity (Wildman–Crippen MR) is 116 cm³/mol. The first kappa shape index (κ1) is 24.7. The molecule has 1 aliphatic heterocycles. The Labute approximate surface area is 199 Å². The molecule has 3 aromatic rings. The van der Waals surface area contributed by atoms with Gasteiger partial charge in [0, 0.05) is 12.1 Å². The Kier molecular flexibility index (Phi) is 6.34. The highest BCUT2D eigenvalue weighted by atomic mass is 35.5. The molecule has 0 bridgehead atoms. The lowest BCUT2D eigenvalue weighted by molar-refractivity contribution is -0.173. The number of hydrogen-bond donors (Lipinski definition) is 2. The largest absolute Gasteiger partial charge is 0.497 e. The Bertz CT molecular complexity index is 1240. The number of hydrogen-bond acceptors (Lipinski definition) is 4. The highest BCUT2D eigenvalue weighted by Gasteiger charge is 2.48. The molecule has 35 heavy (non-hydrogen) atoms. The molecule has 2 aromatic carbocycles. The van der Waals surface area contributed by atoms with Gasteiger partial charge in [0.2, 0.25) is 0 Å². The second-order valence-corrected chi connectivity index (χ2v) is 8.13. The predicted octanol–water partition coefficient (Wildman–Crippen LogP) is 6.48. The third kappa shape index (κ3) is 5.02. The van der Waals surface area contributed by atoms with Crippen LogP contribution in [0.2, 0.25) is 5.02 Å². The van der Waals surface area contributed by atoms with Crippen molar-refractivity contribution >= 4 is 29.0 Å². The van der Waals surface area contributed by atoms with Gasteiger partial charge in [-0.05, 0) is 35.9 Å². The van der Waals surface area contributed by atoms with Gasteiger partial charge in [0.25, 0.3) is 5.91 Å².